The van der Waals surface area contributed by atoms with Crippen LogP contribution in [0.25, 0.3) is 0 Å². The molecule has 0 aliphatic rings. The van der Waals surface area contributed by atoms with E-state index in [1.54, 1.807) is 14.0 Å². The largest absolute Gasteiger partial charge is 0.392 e. The van der Waals surface area contributed by atoms with Gasteiger partial charge in [-0.2, -0.15) is 5.10 Å². The van der Waals surface area contributed by atoms with Crippen molar-refractivity contribution < 1.29 is 10.0 Å². The Morgan fingerprint density at radius 2 is 2.00 bits per heavy atom. The van der Waals surface area contributed by atoms with E-state index in [-0.39, 0.29) is 17.5 Å². The number of hydrogen-bond acceptors (Lipinski definition) is 4. The molecule has 1 aromatic rings. The van der Waals surface area contributed by atoms with Crippen LogP contribution in [0.15, 0.2) is 0 Å². The second-order valence-corrected chi connectivity index (χ2v) is 4.92. The van der Waals surface area contributed by atoms with Crippen LogP contribution in [-0.4, -0.2) is 25.9 Å². The van der Waals surface area contributed by atoms with Gasteiger partial charge >= 0.3 is 5.69 Å². The second kappa shape index (κ2) is 5.48. The van der Waals surface area contributed by atoms with Crippen molar-refractivity contribution in [2.24, 2.45) is 7.05 Å². The average Bonchev–Trinajstić information content (AvgIpc) is 2.65. The molecule has 0 fully saturated rings. The van der Waals surface area contributed by atoms with Crippen LogP contribution < -0.4 is 0 Å². The highest BCUT2D eigenvalue weighted by molar-refractivity contribution is 5.45. The summed E-state index contributed by atoms with van der Waals surface area (Å²) in [6, 6.07) is 0. The van der Waals surface area contributed by atoms with Gasteiger partial charge in [0, 0.05) is 18.9 Å². The highest BCUT2D eigenvalue weighted by Gasteiger charge is 2.33. The third kappa shape index (κ3) is 2.53. The van der Waals surface area contributed by atoms with Crippen molar-refractivity contribution in [3.8, 4) is 0 Å². The van der Waals surface area contributed by atoms with Crippen molar-refractivity contribution in [1.29, 1.82) is 0 Å². The van der Waals surface area contributed by atoms with Gasteiger partial charge in [0.15, 0.2) is 0 Å². The van der Waals surface area contributed by atoms with Crippen LogP contribution in [0.1, 0.15) is 57.3 Å². The standard InChI is InChI=1S/C12H21N3O3/c1-6-9(16)8(4)11-12(15(17)18)10(7(2)3)13-14(11)5/h7-9,16H,6H2,1-5H3. The lowest BCUT2D eigenvalue weighted by Crippen LogP contribution is -2.18. The number of hydrogen-bond donors (Lipinski definition) is 1. The maximum absolute atomic E-state index is 11.2. The number of nitrogens with zero attached hydrogens (tertiary/aromatic N) is 3. The van der Waals surface area contributed by atoms with E-state index in [2.05, 4.69) is 5.10 Å². The van der Waals surface area contributed by atoms with E-state index in [9.17, 15) is 15.2 Å². The van der Waals surface area contributed by atoms with Gasteiger partial charge in [0.05, 0.1) is 11.0 Å². The van der Waals surface area contributed by atoms with Gasteiger partial charge in [-0.3, -0.25) is 14.8 Å². The molecule has 0 bridgehead atoms. The average molecular weight is 255 g/mol. The molecule has 2 unspecified atom stereocenters. The van der Waals surface area contributed by atoms with Crippen LogP contribution in [0.2, 0.25) is 0 Å². The first-order valence-corrected chi connectivity index (χ1v) is 6.20. The van der Waals surface area contributed by atoms with E-state index in [1.165, 1.54) is 4.68 Å². The van der Waals surface area contributed by atoms with Gasteiger partial charge in [0.25, 0.3) is 0 Å². The fourth-order valence-electron chi connectivity index (χ4n) is 2.17. The van der Waals surface area contributed by atoms with Crippen LogP contribution >= 0.6 is 0 Å². The third-order valence-corrected chi connectivity index (χ3v) is 3.25. The summed E-state index contributed by atoms with van der Waals surface area (Å²) < 4.78 is 1.52. The fraction of sp³-hybridized carbons (Fsp3) is 0.750. The summed E-state index contributed by atoms with van der Waals surface area (Å²) in [5.41, 5.74) is 1.03. The molecule has 0 aliphatic carbocycles. The minimum absolute atomic E-state index is 0.0173. The lowest BCUT2D eigenvalue weighted by Gasteiger charge is -2.16. The van der Waals surface area contributed by atoms with Gasteiger partial charge < -0.3 is 5.11 Å². The molecule has 0 aromatic carbocycles. The first-order chi connectivity index (χ1) is 8.31. The van der Waals surface area contributed by atoms with E-state index < -0.39 is 11.0 Å². The number of rotatable bonds is 5. The Bertz CT molecular complexity index is 440. The van der Waals surface area contributed by atoms with Crippen molar-refractivity contribution in [3.63, 3.8) is 0 Å². The third-order valence-electron chi connectivity index (χ3n) is 3.25. The predicted octanol–water partition coefficient (Wildman–Crippen LogP) is 2.33. The molecule has 1 N–H and O–H groups in total. The van der Waals surface area contributed by atoms with Crippen LogP contribution in [0, 0.1) is 10.1 Å². The van der Waals surface area contributed by atoms with Gasteiger partial charge in [0.2, 0.25) is 0 Å². The number of aliphatic hydroxyl groups is 1. The first kappa shape index (κ1) is 14.6. The summed E-state index contributed by atoms with van der Waals surface area (Å²) in [7, 11) is 1.69. The summed E-state index contributed by atoms with van der Waals surface area (Å²) in [4.78, 5) is 10.9. The van der Waals surface area contributed by atoms with Crippen molar-refractivity contribution in [1.82, 2.24) is 9.78 Å². The number of nitro groups is 1. The van der Waals surface area contributed by atoms with E-state index in [4.69, 9.17) is 0 Å². The molecule has 1 heterocycles. The quantitative estimate of drug-likeness (QED) is 0.646. The normalized spacial score (nSPS) is 14.8. The van der Waals surface area contributed by atoms with Gasteiger partial charge in [-0.15, -0.1) is 0 Å². The topological polar surface area (TPSA) is 81.2 Å². The Kier molecular flexibility index (Phi) is 4.45. The molecule has 6 nitrogen and oxygen atoms in total. The molecule has 18 heavy (non-hydrogen) atoms. The van der Waals surface area contributed by atoms with Gasteiger partial charge in [0.1, 0.15) is 11.4 Å². The Labute approximate surface area is 107 Å². The zero-order chi connectivity index (χ0) is 14.0. The number of aromatic nitrogens is 2. The fourth-order valence-corrected chi connectivity index (χ4v) is 2.17. The van der Waals surface area contributed by atoms with Crippen molar-refractivity contribution in [2.45, 2.75) is 52.1 Å². The highest BCUT2D eigenvalue weighted by Crippen LogP contribution is 2.35. The molecule has 0 aliphatic heterocycles. The molecule has 6 heteroatoms. The number of aryl methyl sites for hydroxylation is 1. The zero-order valence-electron chi connectivity index (χ0n) is 11.5. The van der Waals surface area contributed by atoms with Crippen LogP contribution in [0.4, 0.5) is 5.69 Å². The Morgan fingerprint density at radius 1 is 1.44 bits per heavy atom. The summed E-state index contributed by atoms with van der Waals surface area (Å²) >= 11 is 0. The lowest BCUT2D eigenvalue weighted by atomic mass is 9.96. The molecule has 0 saturated carbocycles. The Hall–Kier alpha value is -1.43. The minimum Gasteiger partial charge on any atom is -0.392 e. The molecule has 102 valence electrons. The van der Waals surface area contributed by atoms with Crippen molar-refractivity contribution in [2.75, 3.05) is 0 Å². The van der Waals surface area contributed by atoms with Crippen LogP contribution in [0.5, 0.6) is 0 Å². The summed E-state index contributed by atoms with van der Waals surface area (Å²) in [5.74, 6) is -0.322. The Morgan fingerprint density at radius 3 is 2.39 bits per heavy atom. The van der Waals surface area contributed by atoms with Crippen molar-refractivity contribution in [3.05, 3.63) is 21.5 Å². The molecular weight excluding hydrogens is 234 g/mol. The second-order valence-electron chi connectivity index (χ2n) is 4.92. The molecule has 0 spiro atoms. The minimum atomic E-state index is -0.598. The number of aliphatic hydroxyl groups excluding tert-OH is 1. The van der Waals surface area contributed by atoms with Gasteiger partial charge in [-0.25, -0.2) is 0 Å². The summed E-state index contributed by atoms with van der Waals surface area (Å²) in [6.07, 6.45) is -0.0420. The lowest BCUT2D eigenvalue weighted by molar-refractivity contribution is -0.386. The van der Waals surface area contributed by atoms with E-state index in [0.29, 0.717) is 17.8 Å². The molecule has 0 amide bonds. The van der Waals surface area contributed by atoms with E-state index >= 15 is 0 Å². The molecular formula is C12H21N3O3. The monoisotopic (exact) mass is 255 g/mol. The first-order valence-electron chi connectivity index (χ1n) is 6.20. The maximum atomic E-state index is 11.2. The van der Waals surface area contributed by atoms with Crippen molar-refractivity contribution >= 4 is 5.69 Å². The molecule has 1 aromatic heterocycles. The summed E-state index contributed by atoms with van der Waals surface area (Å²) in [6.45, 7) is 7.40. The highest BCUT2D eigenvalue weighted by atomic mass is 16.6. The van der Waals surface area contributed by atoms with Gasteiger partial charge in [-0.05, 0) is 6.42 Å². The summed E-state index contributed by atoms with van der Waals surface area (Å²) in [5, 5.41) is 25.4. The van der Waals surface area contributed by atoms with E-state index in [1.807, 2.05) is 20.8 Å². The smallest absolute Gasteiger partial charge is 0.313 e. The molecule has 1 rings (SSSR count). The van der Waals surface area contributed by atoms with Gasteiger partial charge in [-0.1, -0.05) is 27.7 Å². The Balaban J connectivity index is 3.38. The van der Waals surface area contributed by atoms with Crippen LogP contribution in [-0.2, 0) is 7.05 Å². The van der Waals surface area contributed by atoms with E-state index in [0.717, 1.165) is 0 Å². The molecule has 0 saturated heterocycles. The maximum Gasteiger partial charge on any atom is 0.313 e. The molecule has 0 radical (unpaired) electrons. The molecule has 2 atom stereocenters. The van der Waals surface area contributed by atoms with Crippen LogP contribution in [0.3, 0.4) is 0 Å². The zero-order valence-corrected chi connectivity index (χ0v) is 11.5. The predicted molar refractivity (Wildman–Crippen MR) is 68.7 cm³/mol. The SMILES string of the molecule is CCC(O)C(C)c1c([N+](=O)[O-])c(C(C)C)nn1C.